The van der Waals surface area contributed by atoms with Crippen molar-refractivity contribution in [3.05, 3.63) is 60.9 Å². The van der Waals surface area contributed by atoms with Gasteiger partial charge in [0.2, 0.25) is 0 Å². The number of aromatic nitrogens is 4. The Labute approximate surface area is 179 Å². The average molecular weight is 439 g/mol. The van der Waals surface area contributed by atoms with Crippen LogP contribution in [-0.4, -0.2) is 41.4 Å². The second-order valence-corrected chi connectivity index (χ2v) is 8.16. The van der Waals surface area contributed by atoms with Crippen LogP contribution in [0.3, 0.4) is 0 Å². The van der Waals surface area contributed by atoms with Crippen LogP contribution in [0.4, 0.5) is 5.69 Å². The fraction of sp³-hybridized carbons (Fsp3) is 0.190. The van der Waals surface area contributed by atoms with Crippen molar-refractivity contribution < 1.29 is 17.9 Å². The first kappa shape index (κ1) is 20.6. The first-order valence-electron chi connectivity index (χ1n) is 9.70. The normalized spacial score (nSPS) is 11.4. The third-order valence-electron chi connectivity index (χ3n) is 4.39. The Bertz CT molecular complexity index is 1320. The van der Waals surface area contributed by atoms with Crippen molar-refractivity contribution in [2.45, 2.75) is 18.7 Å². The van der Waals surface area contributed by atoms with Gasteiger partial charge in [0.25, 0.3) is 10.0 Å². The van der Waals surface area contributed by atoms with Crippen molar-refractivity contribution in [3.63, 3.8) is 0 Å². The van der Waals surface area contributed by atoms with E-state index in [0.717, 1.165) is 5.56 Å². The van der Waals surface area contributed by atoms with Crippen LogP contribution in [0.2, 0.25) is 0 Å². The van der Waals surface area contributed by atoms with Gasteiger partial charge in [-0.15, -0.1) is 10.2 Å². The van der Waals surface area contributed by atoms with Crippen molar-refractivity contribution in [3.8, 4) is 22.8 Å². The molecule has 160 valence electrons. The van der Waals surface area contributed by atoms with Gasteiger partial charge in [-0.05, 0) is 50.2 Å². The predicted octanol–water partition coefficient (Wildman–Crippen LogP) is 3.39. The fourth-order valence-electron chi connectivity index (χ4n) is 3.07. The number of fused-ring (bicyclic) bond motifs is 1. The number of benzene rings is 2. The van der Waals surface area contributed by atoms with Crippen LogP contribution >= 0.6 is 0 Å². The summed E-state index contributed by atoms with van der Waals surface area (Å²) in [6.45, 7) is 4.44. The lowest BCUT2D eigenvalue weighted by Gasteiger charge is -2.14. The van der Waals surface area contributed by atoms with Gasteiger partial charge >= 0.3 is 0 Å². The molecule has 0 aliphatic carbocycles. The van der Waals surface area contributed by atoms with Crippen LogP contribution < -0.4 is 14.2 Å². The molecule has 0 radical (unpaired) electrons. The first-order chi connectivity index (χ1) is 15.0. The molecular formula is C21H21N5O4S. The zero-order chi connectivity index (χ0) is 21.8. The molecule has 0 atom stereocenters. The molecule has 2 aromatic heterocycles. The van der Waals surface area contributed by atoms with E-state index in [1.54, 1.807) is 53.9 Å². The number of rotatable bonds is 8. The molecule has 2 heterocycles. The lowest BCUT2D eigenvalue weighted by molar-refractivity contribution is 0.317. The lowest BCUT2D eigenvalue weighted by Crippen LogP contribution is -2.14. The van der Waals surface area contributed by atoms with E-state index in [9.17, 15) is 8.42 Å². The zero-order valence-electron chi connectivity index (χ0n) is 17.0. The molecule has 0 fully saturated rings. The highest BCUT2D eigenvalue weighted by Crippen LogP contribution is 2.31. The second kappa shape index (κ2) is 8.60. The van der Waals surface area contributed by atoms with E-state index in [4.69, 9.17) is 9.47 Å². The number of anilines is 1. The molecule has 0 bridgehead atoms. The van der Waals surface area contributed by atoms with Crippen LogP contribution in [0.1, 0.15) is 13.8 Å². The van der Waals surface area contributed by atoms with Crippen molar-refractivity contribution in [2.24, 2.45) is 0 Å². The topological polar surface area (TPSA) is 108 Å². The third kappa shape index (κ3) is 4.43. The van der Waals surface area contributed by atoms with Gasteiger partial charge in [-0.3, -0.25) is 4.72 Å². The van der Waals surface area contributed by atoms with E-state index >= 15 is 0 Å². The first-order valence-corrected chi connectivity index (χ1v) is 11.2. The van der Waals surface area contributed by atoms with Gasteiger partial charge < -0.3 is 9.47 Å². The molecule has 1 N–H and O–H groups in total. The highest BCUT2D eigenvalue weighted by Gasteiger charge is 2.21. The molecule has 4 rings (SSSR count). The van der Waals surface area contributed by atoms with Crippen molar-refractivity contribution in [1.82, 2.24) is 19.8 Å². The van der Waals surface area contributed by atoms with Crippen molar-refractivity contribution >= 4 is 21.4 Å². The molecule has 0 saturated heterocycles. The smallest absolute Gasteiger partial charge is 0.265 e. The Morgan fingerprint density at radius 2 is 1.84 bits per heavy atom. The highest BCUT2D eigenvalue weighted by molar-refractivity contribution is 7.92. The Morgan fingerprint density at radius 3 is 2.65 bits per heavy atom. The summed E-state index contributed by atoms with van der Waals surface area (Å²) in [5.74, 6) is 0.777. The lowest BCUT2D eigenvalue weighted by atomic mass is 10.1. The number of hydrogen-bond acceptors (Lipinski definition) is 7. The minimum absolute atomic E-state index is 0.0345. The summed E-state index contributed by atoms with van der Waals surface area (Å²) in [6.07, 6.45) is 1.51. The summed E-state index contributed by atoms with van der Waals surface area (Å²) in [4.78, 5) is 0.0345. The molecule has 0 aliphatic rings. The maximum atomic E-state index is 13.1. The van der Waals surface area contributed by atoms with Gasteiger partial charge in [0.05, 0.1) is 18.9 Å². The Kier molecular flexibility index (Phi) is 5.72. The molecule has 0 unspecified atom stereocenters. The van der Waals surface area contributed by atoms with Gasteiger partial charge in [-0.25, -0.2) is 8.42 Å². The molecule has 0 spiro atoms. The van der Waals surface area contributed by atoms with E-state index < -0.39 is 10.0 Å². The van der Waals surface area contributed by atoms with E-state index in [-0.39, 0.29) is 10.6 Å². The van der Waals surface area contributed by atoms with Gasteiger partial charge in [0.1, 0.15) is 22.7 Å². The molecular weight excluding hydrogens is 418 g/mol. The van der Waals surface area contributed by atoms with Gasteiger partial charge in [0.15, 0.2) is 5.65 Å². The number of nitrogens with zero attached hydrogens (tertiary/aromatic N) is 4. The summed E-state index contributed by atoms with van der Waals surface area (Å²) >= 11 is 0. The Morgan fingerprint density at radius 1 is 1.00 bits per heavy atom. The number of sulfonamides is 1. The summed E-state index contributed by atoms with van der Waals surface area (Å²) in [6, 6.07) is 15.2. The third-order valence-corrected chi connectivity index (χ3v) is 5.81. The minimum atomic E-state index is -3.90. The summed E-state index contributed by atoms with van der Waals surface area (Å²) in [5, 5.41) is 12.2. The largest absolute Gasteiger partial charge is 0.494 e. The molecule has 0 amide bonds. The number of ether oxygens (including phenoxy) is 2. The SMILES string of the molecule is CCOc1ccc(S(=O)(=O)Nc2cccc(-c3ccc4nncn4n3)c2)c(OCC)c1. The minimum Gasteiger partial charge on any atom is -0.494 e. The van der Waals surface area contributed by atoms with Crippen molar-refractivity contribution in [1.29, 1.82) is 0 Å². The Hall–Kier alpha value is -3.66. The van der Waals surface area contributed by atoms with E-state index in [2.05, 4.69) is 20.0 Å². The standard InChI is InChI=1S/C21H21N5O4S/c1-3-29-17-8-10-20(19(13-17)30-4-2)31(27,28)25-16-7-5-6-15(12-16)18-9-11-21-23-22-14-26(21)24-18/h5-14,25H,3-4H2,1-2H3. The van der Waals surface area contributed by atoms with Crippen LogP contribution in [0.15, 0.2) is 65.8 Å². The average Bonchev–Trinajstić information content (AvgIpc) is 3.22. The van der Waals surface area contributed by atoms with E-state index in [0.29, 0.717) is 36.0 Å². The molecule has 2 aromatic carbocycles. The molecule has 9 nitrogen and oxygen atoms in total. The quantitative estimate of drug-likeness (QED) is 0.448. The van der Waals surface area contributed by atoms with Gasteiger partial charge in [0, 0.05) is 17.3 Å². The molecule has 4 aromatic rings. The van der Waals surface area contributed by atoms with Crippen molar-refractivity contribution in [2.75, 3.05) is 17.9 Å². The predicted molar refractivity (Wildman–Crippen MR) is 116 cm³/mol. The maximum Gasteiger partial charge on any atom is 0.265 e. The van der Waals surface area contributed by atoms with Crippen LogP contribution in [0, 0.1) is 0 Å². The fourth-order valence-corrected chi connectivity index (χ4v) is 4.25. The number of hydrogen-bond donors (Lipinski definition) is 1. The van der Waals surface area contributed by atoms with Crippen LogP contribution in [0.25, 0.3) is 16.9 Å². The van der Waals surface area contributed by atoms with Gasteiger partial charge in [-0.1, -0.05) is 12.1 Å². The maximum absolute atomic E-state index is 13.1. The second-order valence-electron chi connectivity index (χ2n) is 6.51. The van der Waals surface area contributed by atoms with Crippen LogP contribution in [0.5, 0.6) is 11.5 Å². The molecule has 0 saturated carbocycles. The molecule has 0 aliphatic heterocycles. The van der Waals surface area contributed by atoms with Crippen LogP contribution in [-0.2, 0) is 10.0 Å². The summed E-state index contributed by atoms with van der Waals surface area (Å²) in [7, 11) is -3.90. The zero-order valence-corrected chi connectivity index (χ0v) is 17.8. The highest BCUT2D eigenvalue weighted by atomic mass is 32.2. The summed E-state index contributed by atoms with van der Waals surface area (Å²) in [5.41, 5.74) is 2.43. The summed E-state index contributed by atoms with van der Waals surface area (Å²) < 4.78 is 41.4. The molecule has 10 heteroatoms. The molecule has 31 heavy (non-hydrogen) atoms. The monoisotopic (exact) mass is 439 g/mol. The van der Waals surface area contributed by atoms with E-state index in [1.807, 2.05) is 13.0 Å². The van der Waals surface area contributed by atoms with E-state index in [1.165, 1.54) is 12.4 Å². The Balaban J connectivity index is 1.65. The number of nitrogens with one attached hydrogen (secondary N) is 1. The van der Waals surface area contributed by atoms with Gasteiger partial charge in [-0.2, -0.15) is 9.61 Å².